The predicted molar refractivity (Wildman–Crippen MR) is 204 cm³/mol. The van der Waals surface area contributed by atoms with Crippen LogP contribution in [0.15, 0.2) is 121 Å². The van der Waals surface area contributed by atoms with Gasteiger partial charge in [0, 0.05) is 53.2 Å². The molecule has 0 atom stereocenters. The third-order valence-corrected chi connectivity index (χ3v) is 9.44. The quantitative estimate of drug-likeness (QED) is 0.150. The summed E-state index contributed by atoms with van der Waals surface area (Å²) in [5.41, 5.74) is 10.9. The fraction of sp³-hybridized carbons (Fsp3) is 0.163. The number of aromatic nitrogens is 1. The molecule has 1 aromatic heterocycles. The first-order chi connectivity index (χ1) is 25.1. The Morgan fingerprint density at radius 3 is 2.16 bits per heavy atom. The molecule has 8 nitrogen and oxygen atoms in total. The van der Waals surface area contributed by atoms with Crippen LogP contribution >= 0.6 is 0 Å². The number of hydrogen-bond acceptors (Lipinski definition) is 5. The predicted octanol–water partition coefficient (Wildman–Crippen LogP) is 7.89. The molecule has 6 aromatic rings. The topological polar surface area (TPSA) is 95.7 Å². The monoisotopic (exact) mass is 674 g/mol. The normalized spacial score (nSPS) is 15.9. The van der Waals surface area contributed by atoms with Crippen molar-refractivity contribution in [3.8, 4) is 28.0 Å². The van der Waals surface area contributed by atoms with Gasteiger partial charge in [-0.3, -0.25) is 14.5 Å². The van der Waals surface area contributed by atoms with Crippen molar-refractivity contribution in [3.63, 3.8) is 0 Å². The summed E-state index contributed by atoms with van der Waals surface area (Å²) in [5.74, 6) is 0.844. The lowest BCUT2D eigenvalue weighted by molar-refractivity contribution is -0.115. The highest BCUT2D eigenvalue weighted by Gasteiger charge is 2.25. The number of nitrogens with one attached hydrogen (secondary N) is 3. The molecule has 8 heteroatoms. The molecule has 0 saturated carbocycles. The van der Waals surface area contributed by atoms with Crippen LogP contribution in [0.2, 0.25) is 0 Å². The average molecular weight is 675 g/mol. The largest absolute Gasteiger partial charge is 0.492 e. The molecule has 0 radical (unpaired) electrons. The number of anilines is 2. The zero-order valence-electron chi connectivity index (χ0n) is 28.2. The maximum atomic E-state index is 12.8. The van der Waals surface area contributed by atoms with E-state index in [1.165, 1.54) is 5.56 Å². The molecule has 1 fully saturated rings. The molecule has 3 aliphatic heterocycles. The van der Waals surface area contributed by atoms with E-state index in [2.05, 4.69) is 63.0 Å². The van der Waals surface area contributed by atoms with Crippen molar-refractivity contribution in [1.82, 2.24) is 9.88 Å². The minimum absolute atomic E-state index is 0.0835. The van der Waals surface area contributed by atoms with E-state index in [-0.39, 0.29) is 11.8 Å². The Hall–Kier alpha value is -5.96. The van der Waals surface area contributed by atoms with E-state index in [4.69, 9.17) is 9.47 Å². The highest BCUT2D eigenvalue weighted by Crippen LogP contribution is 2.37. The second kappa shape index (κ2) is 14.5. The Morgan fingerprint density at radius 2 is 1.41 bits per heavy atom. The van der Waals surface area contributed by atoms with E-state index < -0.39 is 0 Å². The standard InChI is InChI=1S/C29H27N3O3.C14H11NO/c33-29-26(25-18-21(6-8-28(25)31-29)20-4-2-1-3-5-20)19-23-16-22-17-24(7-9-27(22)30-23)35-15-12-32-10-13-34-14-11-32;16-14-9-12-8-11(6-7-13(12)15-14)10-4-2-1-3-5-10/h1-9,16-19,30H,10-15H2,(H,31,33);1-8H,9H2,(H,15,16)/b26-19+;. The number of amides is 2. The summed E-state index contributed by atoms with van der Waals surface area (Å²) in [6.45, 7) is 5.05. The maximum absolute atomic E-state index is 12.8. The van der Waals surface area contributed by atoms with Gasteiger partial charge in [0.2, 0.25) is 5.91 Å². The summed E-state index contributed by atoms with van der Waals surface area (Å²) >= 11 is 0. The molecule has 9 rings (SSSR count). The summed E-state index contributed by atoms with van der Waals surface area (Å²) < 4.78 is 11.4. The average Bonchev–Trinajstić information content (AvgIpc) is 3.85. The molecular formula is C43H38N4O4. The van der Waals surface area contributed by atoms with Gasteiger partial charge in [-0.1, -0.05) is 72.8 Å². The van der Waals surface area contributed by atoms with Crippen LogP contribution in [-0.2, 0) is 20.7 Å². The number of hydrogen-bond donors (Lipinski definition) is 3. The van der Waals surface area contributed by atoms with Gasteiger partial charge < -0.3 is 25.1 Å². The molecule has 3 aliphatic rings. The minimum Gasteiger partial charge on any atom is -0.492 e. The summed E-state index contributed by atoms with van der Waals surface area (Å²) in [4.78, 5) is 29.8. The van der Waals surface area contributed by atoms with Gasteiger partial charge in [0.15, 0.2) is 0 Å². The lowest BCUT2D eigenvalue weighted by atomic mass is 9.99. The van der Waals surface area contributed by atoms with E-state index in [1.54, 1.807) is 0 Å². The lowest BCUT2D eigenvalue weighted by Gasteiger charge is -2.26. The van der Waals surface area contributed by atoms with Crippen LogP contribution in [0.4, 0.5) is 11.4 Å². The van der Waals surface area contributed by atoms with Gasteiger partial charge in [-0.2, -0.15) is 0 Å². The third-order valence-electron chi connectivity index (χ3n) is 9.44. The van der Waals surface area contributed by atoms with Crippen LogP contribution in [0.3, 0.4) is 0 Å². The fourth-order valence-electron chi connectivity index (χ4n) is 6.75. The number of rotatable bonds is 7. The van der Waals surface area contributed by atoms with Gasteiger partial charge in [-0.15, -0.1) is 0 Å². The first kappa shape index (κ1) is 32.3. The number of aromatic amines is 1. The number of carbonyl (C=O) groups excluding carboxylic acids is 2. The first-order valence-corrected chi connectivity index (χ1v) is 17.3. The smallest absolute Gasteiger partial charge is 0.256 e. The molecule has 51 heavy (non-hydrogen) atoms. The van der Waals surface area contributed by atoms with Gasteiger partial charge in [-0.05, 0) is 82.4 Å². The molecule has 0 bridgehead atoms. The van der Waals surface area contributed by atoms with Gasteiger partial charge in [0.05, 0.1) is 25.2 Å². The number of nitrogens with zero attached hydrogens (tertiary/aromatic N) is 1. The van der Waals surface area contributed by atoms with E-state index in [9.17, 15) is 9.59 Å². The van der Waals surface area contributed by atoms with Gasteiger partial charge in [0.1, 0.15) is 12.4 Å². The Morgan fingerprint density at radius 1 is 0.706 bits per heavy atom. The Labute approximate surface area is 296 Å². The molecule has 2 amide bonds. The van der Waals surface area contributed by atoms with E-state index in [1.807, 2.05) is 84.9 Å². The van der Waals surface area contributed by atoms with E-state index in [0.717, 1.165) is 94.4 Å². The molecular weight excluding hydrogens is 636 g/mol. The maximum Gasteiger partial charge on any atom is 0.256 e. The van der Waals surface area contributed by atoms with Crippen molar-refractivity contribution >= 4 is 45.7 Å². The van der Waals surface area contributed by atoms with Crippen molar-refractivity contribution in [2.75, 3.05) is 50.1 Å². The SMILES string of the molecule is O=C1Cc2cc(-c3ccccc3)ccc2N1.O=C1Nc2ccc(-c3ccccc3)cc2/C1=C\c1cc2cc(OCCN3CCOCC3)ccc2[nH]1. The van der Waals surface area contributed by atoms with Crippen molar-refractivity contribution in [1.29, 1.82) is 0 Å². The zero-order valence-corrected chi connectivity index (χ0v) is 28.2. The van der Waals surface area contributed by atoms with Gasteiger partial charge >= 0.3 is 0 Å². The van der Waals surface area contributed by atoms with Crippen LogP contribution in [-0.4, -0.2) is 61.2 Å². The third kappa shape index (κ3) is 7.33. The molecule has 4 heterocycles. The summed E-state index contributed by atoms with van der Waals surface area (Å²) in [5, 5.41) is 6.88. The molecule has 0 aliphatic carbocycles. The number of fused-ring (bicyclic) bond motifs is 3. The van der Waals surface area contributed by atoms with Crippen LogP contribution < -0.4 is 15.4 Å². The number of H-pyrrole nitrogens is 1. The van der Waals surface area contributed by atoms with Gasteiger partial charge in [-0.25, -0.2) is 0 Å². The van der Waals surface area contributed by atoms with Gasteiger partial charge in [0.25, 0.3) is 5.91 Å². The van der Waals surface area contributed by atoms with Crippen molar-refractivity contribution in [2.24, 2.45) is 0 Å². The Bertz CT molecular complexity index is 2240. The van der Waals surface area contributed by atoms with Crippen LogP contribution in [0.1, 0.15) is 16.8 Å². The number of morpholine rings is 1. The Balaban J connectivity index is 0.000000194. The molecule has 254 valence electrons. The van der Waals surface area contributed by atoms with Crippen molar-refractivity contribution < 1.29 is 19.1 Å². The van der Waals surface area contributed by atoms with Crippen molar-refractivity contribution in [3.05, 3.63) is 138 Å². The number of benzene rings is 5. The number of ether oxygens (including phenoxy) is 2. The lowest BCUT2D eigenvalue weighted by Crippen LogP contribution is -2.38. The van der Waals surface area contributed by atoms with E-state index in [0.29, 0.717) is 18.6 Å². The first-order valence-electron chi connectivity index (χ1n) is 17.3. The second-order valence-corrected chi connectivity index (χ2v) is 12.9. The molecule has 3 N–H and O–H groups in total. The summed E-state index contributed by atoms with van der Waals surface area (Å²) in [7, 11) is 0. The zero-order chi connectivity index (χ0) is 34.6. The number of carbonyl (C=O) groups is 2. The highest BCUT2D eigenvalue weighted by atomic mass is 16.5. The minimum atomic E-state index is -0.0870. The molecule has 0 spiro atoms. The van der Waals surface area contributed by atoms with E-state index >= 15 is 0 Å². The highest BCUT2D eigenvalue weighted by molar-refractivity contribution is 6.35. The fourth-order valence-corrected chi connectivity index (χ4v) is 6.75. The van der Waals surface area contributed by atoms with Crippen LogP contribution in [0.25, 0.3) is 44.8 Å². The van der Waals surface area contributed by atoms with Crippen molar-refractivity contribution in [2.45, 2.75) is 6.42 Å². The molecule has 1 saturated heterocycles. The van der Waals surface area contributed by atoms with Crippen LogP contribution in [0, 0.1) is 0 Å². The molecule has 0 unspecified atom stereocenters. The molecule has 5 aromatic carbocycles. The van der Waals surface area contributed by atoms with Crippen LogP contribution in [0.5, 0.6) is 5.75 Å². The summed E-state index contributed by atoms with van der Waals surface area (Å²) in [6, 6.07) is 40.7. The summed E-state index contributed by atoms with van der Waals surface area (Å²) in [6.07, 6.45) is 2.42. The Kier molecular flexibility index (Phi) is 9.16. The second-order valence-electron chi connectivity index (χ2n) is 12.9.